The van der Waals surface area contributed by atoms with E-state index >= 15 is 0 Å². The zero-order valence-electron chi connectivity index (χ0n) is 27.9. The number of nitrogens with zero attached hydrogens (tertiary/aromatic N) is 3. The van der Waals surface area contributed by atoms with E-state index in [1.54, 1.807) is 38.1 Å². The summed E-state index contributed by atoms with van der Waals surface area (Å²) in [4.78, 5) is 27.4. The number of aryl methyl sites for hydroxylation is 2. The van der Waals surface area contributed by atoms with Crippen LogP contribution >= 0.6 is 0 Å². The molecule has 246 valence electrons. The van der Waals surface area contributed by atoms with Crippen LogP contribution in [-0.4, -0.2) is 65.0 Å². The number of piperidine rings is 1. The number of likely N-dealkylation sites (tertiary alicyclic amines) is 1. The Hall–Kier alpha value is -3.96. The lowest BCUT2D eigenvalue weighted by Crippen LogP contribution is -2.36. The summed E-state index contributed by atoms with van der Waals surface area (Å²) in [6.45, 7) is 15.7. The molecular formula is C35H46N6O4S. The van der Waals surface area contributed by atoms with Gasteiger partial charge in [0.15, 0.2) is 9.84 Å². The number of hydrogen-bond donors (Lipinski definition) is 3. The Morgan fingerprint density at radius 1 is 1.02 bits per heavy atom. The number of benzene rings is 2. The number of carbonyl (C=O) groups is 1. The number of ketones is 1. The van der Waals surface area contributed by atoms with Crippen molar-refractivity contribution >= 4 is 49.8 Å². The number of ether oxygens (including phenoxy) is 1. The first kappa shape index (κ1) is 33.4. The number of para-hydroxylation sites is 1. The van der Waals surface area contributed by atoms with Gasteiger partial charge in [-0.1, -0.05) is 19.1 Å². The molecule has 0 saturated carbocycles. The molecule has 1 aliphatic heterocycles. The van der Waals surface area contributed by atoms with E-state index in [0.29, 0.717) is 47.7 Å². The number of aromatic amines is 1. The van der Waals surface area contributed by atoms with Gasteiger partial charge in [-0.3, -0.25) is 9.69 Å². The van der Waals surface area contributed by atoms with E-state index in [4.69, 9.17) is 14.7 Å². The number of nitrogens with one attached hydrogen (secondary N) is 3. The molecule has 0 radical (unpaired) electrons. The SMILES string of the molecule is CCC(=O)CN1CCC(c2cc(OC(C)C)c(Nc3nc(Nc4ccccc4S(=O)(=O)C(C)C)c4cc(C)[nH]c4n3)cc2C)CC1. The molecule has 3 heterocycles. The first-order chi connectivity index (χ1) is 21.8. The summed E-state index contributed by atoms with van der Waals surface area (Å²) in [6, 6.07) is 13.1. The summed E-state index contributed by atoms with van der Waals surface area (Å²) in [5, 5.41) is 6.88. The van der Waals surface area contributed by atoms with Crippen LogP contribution in [0.2, 0.25) is 0 Å². The maximum absolute atomic E-state index is 13.2. The third-order valence-electron chi connectivity index (χ3n) is 8.49. The largest absolute Gasteiger partial charge is 0.489 e. The van der Waals surface area contributed by atoms with Gasteiger partial charge in [-0.2, -0.15) is 9.97 Å². The van der Waals surface area contributed by atoms with Crippen molar-refractivity contribution in [2.24, 2.45) is 0 Å². The van der Waals surface area contributed by atoms with Gasteiger partial charge in [0.1, 0.15) is 23.0 Å². The first-order valence-corrected chi connectivity index (χ1v) is 17.7. The van der Waals surface area contributed by atoms with E-state index in [1.807, 2.05) is 33.8 Å². The molecule has 1 aliphatic rings. The van der Waals surface area contributed by atoms with Crippen LogP contribution in [0.15, 0.2) is 47.4 Å². The average molecular weight is 647 g/mol. The van der Waals surface area contributed by atoms with Gasteiger partial charge >= 0.3 is 0 Å². The average Bonchev–Trinajstić information content (AvgIpc) is 3.39. The number of carbonyl (C=O) groups excluding carboxylic acids is 1. The van der Waals surface area contributed by atoms with E-state index in [2.05, 4.69) is 39.6 Å². The first-order valence-electron chi connectivity index (χ1n) is 16.1. The van der Waals surface area contributed by atoms with E-state index in [9.17, 15) is 13.2 Å². The van der Waals surface area contributed by atoms with E-state index in [0.717, 1.165) is 48.3 Å². The Labute approximate surface area is 272 Å². The number of Topliss-reactive ketones (excluding diaryl/α,β-unsaturated/α-hetero) is 1. The molecule has 10 nitrogen and oxygen atoms in total. The fourth-order valence-electron chi connectivity index (χ4n) is 5.97. The van der Waals surface area contributed by atoms with Gasteiger partial charge in [0, 0.05) is 12.1 Å². The van der Waals surface area contributed by atoms with Crippen LogP contribution < -0.4 is 15.4 Å². The van der Waals surface area contributed by atoms with Crippen molar-refractivity contribution in [1.82, 2.24) is 19.9 Å². The Balaban J connectivity index is 1.48. The standard InChI is InChI=1S/C35H46N6O4S/c1-8-26(42)20-41-15-13-25(14-16-41)27-19-31(45-21(2)3)30(17-23(27)6)38-35-39-33-28(18-24(7)36-33)34(40-35)37-29-11-9-10-12-32(29)46(43,44)22(4)5/h9-12,17-19,21-22,25H,8,13-16,20H2,1-7H3,(H3,36,37,38,39,40). The summed E-state index contributed by atoms with van der Waals surface area (Å²) in [7, 11) is -3.54. The molecule has 2 aromatic heterocycles. The van der Waals surface area contributed by atoms with Crippen LogP contribution in [0.25, 0.3) is 11.0 Å². The minimum absolute atomic E-state index is 0.0518. The summed E-state index contributed by atoms with van der Waals surface area (Å²) in [5.74, 6) is 2.21. The molecule has 5 rings (SSSR count). The lowest BCUT2D eigenvalue weighted by atomic mass is 9.86. The van der Waals surface area contributed by atoms with Crippen molar-refractivity contribution in [1.29, 1.82) is 0 Å². The highest BCUT2D eigenvalue weighted by molar-refractivity contribution is 7.92. The van der Waals surface area contributed by atoms with Crippen LogP contribution in [0, 0.1) is 13.8 Å². The second-order valence-corrected chi connectivity index (χ2v) is 15.2. The van der Waals surface area contributed by atoms with Crippen molar-refractivity contribution in [2.75, 3.05) is 30.3 Å². The lowest BCUT2D eigenvalue weighted by Gasteiger charge is -2.32. The Bertz CT molecular complexity index is 1820. The maximum Gasteiger partial charge on any atom is 0.231 e. The van der Waals surface area contributed by atoms with Gasteiger partial charge in [0.05, 0.1) is 39.6 Å². The minimum Gasteiger partial charge on any atom is -0.489 e. The quantitative estimate of drug-likeness (QED) is 0.146. The number of H-pyrrole nitrogens is 1. The summed E-state index contributed by atoms with van der Waals surface area (Å²) >= 11 is 0. The van der Waals surface area contributed by atoms with Crippen molar-refractivity contribution < 1.29 is 17.9 Å². The highest BCUT2D eigenvalue weighted by Gasteiger charge is 2.26. The fourth-order valence-corrected chi connectivity index (χ4v) is 7.17. The summed E-state index contributed by atoms with van der Waals surface area (Å²) in [5.41, 5.74) is 5.12. The topological polar surface area (TPSA) is 129 Å². The Kier molecular flexibility index (Phi) is 10.0. The molecular weight excluding hydrogens is 600 g/mol. The summed E-state index contributed by atoms with van der Waals surface area (Å²) in [6.07, 6.45) is 2.50. The number of aromatic nitrogens is 3. The number of anilines is 4. The van der Waals surface area contributed by atoms with Crippen molar-refractivity contribution in [2.45, 2.75) is 89.9 Å². The van der Waals surface area contributed by atoms with Crippen LogP contribution in [0.1, 0.15) is 76.6 Å². The van der Waals surface area contributed by atoms with E-state index in [1.165, 1.54) is 5.56 Å². The van der Waals surface area contributed by atoms with Crippen LogP contribution in [0.4, 0.5) is 23.1 Å². The maximum atomic E-state index is 13.2. The molecule has 11 heteroatoms. The second-order valence-electron chi connectivity index (χ2n) is 12.8. The fraction of sp³-hybridized carbons (Fsp3) is 0.457. The number of rotatable bonds is 12. The molecule has 0 spiro atoms. The second kappa shape index (κ2) is 13.8. The highest BCUT2D eigenvalue weighted by Crippen LogP contribution is 2.39. The Morgan fingerprint density at radius 3 is 2.41 bits per heavy atom. The molecule has 3 N–H and O–H groups in total. The molecule has 0 amide bonds. The van der Waals surface area contributed by atoms with Gasteiger partial charge in [-0.05, 0) is 115 Å². The molecule has 0 atom stereocenters. The summed E-state index contributed by atoms with van der Waals surface area (Å²) < 4.78 is 32.7. The smallest absolute Gasteiger partial charge is 0.231 e. The number of fused-ring (bicyclic) bond motifs is 1. The minimum atomic E-state index is -3.54. The predicted molar refractivity (Wildman–Crippen MR) is 185 cm³/mol. The van der Waals surface area contributed by atoms with Crippen molar-refractivity contribution in [3.05, 3.63) is 59.3 Å². The van der Waals surface area contributed by atoms with Crippen LogP contribution in [0.5, 0.6) is 5.75 Å². The van der Waals surface area contributed by atoms with Crippen LogP contribution in [-0.2, 0) is 14.6 Å². The normalized spacial score (nSPS) is 14.7. The molecule has 0 unspecified atom stereocenters. The zero-order valence-corrected chi connectivity index (χ0v) is 28.7. The number of sulfone groups is 1. The molecule has 0 bridgehead atoms. The molecule has 2 aromatic carbocycles. The van der Waals surface area contributed by atoms with Gasteiger partial charge in [0.25, 0.3) is 0 Å². The third-order valence-corrected chi connectivity index (χ3v) is 10.7. The number of hydrogen-bond acceptors (Lipinski definition) is 9. The van der Waals surface area contributed by atoms with Crippen molar-refractivity contribution in [3.63, 3.8) is 0 Å². The van der Waals surface area contributed by atoms with Crippen molar-refractivity contribution in [3.8, 4) is 5.75 Å². The third kappa shape index (κ3) is 7.36. The highest BCUT2D eigenvalue weighted by atomic mass is 32.2. The Morgan fingerprint density at radius 2 is 1.74 bits per heavy atom. The van der Waals surface area contributed by atoms with Gasteiger partial charge in [-0.15, -0.1) is 0 Å². The van der Waals surface area contributed by atoms with Crippen LogP contribution in [0.3, 0.4) is 0 Å². The molecule has 1 saturated heterocycles. The van der Waals surface area contributed by atoms with Gasteiger partial charge < -0.3 is 20.4 Å². The molecule has 0 aliphatic carbocycles. The molecule has 1 fully saturated rings. The molecule has 4 aromatic rings. The zero-order chi connectivity index (χ0) is 33.2. The molecule has 46 heavy (non-hydrogen) atoms. The lowest BCUT2D eigenvalue weighted by molar-refractivity contribution is -0.120. The van der Waals surface area contributed by atoms with Gasteiger partial charge in [-0.25, -0.2) is 8.42 Å². The van der Waals surface area contributed by atoms with E-state index in [-0.39, 0.29) is 16.8 Å². The van der Waals surface area contributed by atoms with Gasteiger partial charge in [0.2, 0.25) is 5.95 Å². The monoisotopic (exact) mass is 646 g/mol. The predicted octanol–water partition coefficient (Wildman–Crippen LogP) is 7.19. The van der Waals surface area contributed by atoms with E-state index < -0.39 is 15.1 Å².